The molecule has 0 N–H and O–H groups in total. The van der Waals surface area contributed by atoms with Crippen molar-refractivity contribution in [3.8, 4) is 0 Å². The van der Waals surface area contributed by atoms with Crippen LogP contribution in [0, 0.1) is 0 Å². The van der Waals surface area contributed by atoms with Gasteiger partial charge in [0, 0.05) is 35.8 Å². The highest BCUT2D eigenvalue weighted by atomic mass is 32.1. The predicted molar refractivity (Wildman–Crippen MR) is 152 cm³/mol. The Morgan fingerprint density at radius 3 is 2.14 bits per heavy atom. The lowest BCUT2D eigenvalue weighted by Crippen LogP contribution is -2.40. The molecule has 0 atom stereocenters. The Hall–Kier alpha value is -3.28. The number of hydrogen-bond donors (Lipinski definition) is 0. The first kappa shape index (κ1) is 25.8. The van der Waals surface area contributed by atoms with E-state index in [1.807, 2.05) is 66.1 Å². The second-order valence-electron chi connectivity index (χ2n) is 8.68. The summed E-state index contributed by atoms with van der Waals surface area (Å²) in [6, 6.07) is 24.5. The van der Waals surface area contributed by atoms with Gasteiger partial charge in [0.1, 0.15) is 5.82 Å². The SMILES string of the molecule is C=Cc1nc2c(c(=O)n1C(c1ccccc1)c1ccccc1)CN(Cc1ccc(CC)s1)CC2.CC. The molecule has 0 fully saturated rings. The minimum Gasteiger partial charge on any atom is -0.293 e. The monoisotopic (exact) mass is 497 g/mol. The van der Waals surface area contributed by atoms with Crippen molar-refractivity contribution < 1.29 is 0 Å². The number of aromatic nitrogens is 2. The highest BCUT2D eigenvalue weighted by Crippen LogP contribution is 2.28. The van der Waals surface area contributed by atoms with E-state index in [9.17, 15) is 4.79 Å². The second kappa shape index (κ2) is 12.1. The Morgan fingerprint density at radius 1 is 0.972 bits per heavy atom. The maximum atomic E-state index is 14.1. The number of benzene rings is 2. The first-order valence-electron chi connectivity index (χ1n) is 12.8. The summed E-state index contributed by atoms with van der Waals surface area (Å²) in [5, 5.41) is 0. The fraction of sp³-hybridized carbons (Fsp3) is 0.290. The minimum atomic E-state index is -0.263. The van der Waals surface area contributed by atoms with E-state index in [0.29, 0.717) is 12.4 Å². The molecule has 0 saturated heterocycles. The Labute approximate surface area is 218 Å². The summed E-state index contributed by atoms with van der Waals surface area (Å²) in [5.74, 6) is 0.626. The molecule has 186 valence electrons. The van der Waals surface area contributed by atoms with Crippen molar-refractivity contribution in [3.63, 3.8) is 0 Å². The molecule has 36 heavy (non-hydrogen) atoms. The smallest absolute Gasteiger partial charge is 0.259 e. The van der Waals surface area contributed by atoms with Gasteiger partial charge in [0.25, 0.3) is 5.56 Å². The average molecular weight is 498 g/mol. The van der Waals surface area contributed by atoms with E-state index in [1.165, 1.54) is 9.75 Å². The first-order chi connectivity index (χ1) is 17.7. The molecule has 0 spiro atoms. The van der Waals surface area contributed by atoms with Gasteiger partial charge < -0.3 is 0 Å². The third-order valence-corrected chi connectivity index (χ3v) is 7.70. The summed E-state index contributed by atoms with van der Waals surface area (Å²) in [5.41, 5.74) is 3.86. The van der Waals surface area contributed by atoms with Crippen LogP contribution in [0.2, 0.25) is 0 Å². The number of rotatable bonds is 7. The molecule has 1 aliphatic heterocycles. The topological polar surface area (TPSA) is 38.1 Å². The van der Waals surface area contributed by atoms with E-state index < -0.39 is 0 Å². The maximum absolute atomic E-state index is 14.1. The van der Waals surface area contributed by atoms with Crippen molar-refractivity contribution in [3.05, 3.63) is 128 Å². The molecular formula is C31H35N3OS. The van der Waals surface area contributed by atoms with Crippen LogP contribution in [0.5, 0.6) is 0 Å². The molecule has 0 radical (unpaired) electrons. The van der Waals surface area contributed by atoms with E-state index in [2.05, 4.69) is 54.8 Å². The molecule has 0 bridgehead atoms. The summed E-state index contributed by atoms with van der Waals surface area (Å²) >= 11 is 1.87. The molecule has 3 heterocycles. The quantitative estimate of drug-likeness (QED) is 0.284. The molecule has 0 saturated carbocycles. The Kier molecular flexibility index (Phi) is 8.68. The van der Waals surface area contributed by atoms with Crippen LogP contribution in [0.1, 0.15) is 64.8 Å². The fourth-order valence-corrected chi connectivity index (χ4v) is 5.77. The highest BCUT2D eigenvalue weighted by Gasteiger charge is 2.27. The van der Waals surface area contributed by atoms with Crippen molar-refractivity contribution in [1.82, 2.24) is 14.5 Å². The zero-order chi connectivity index (χ0) is 25.5. The maximum Gasteiger partial charge on any atom is 0.259 e. The van der Waals surface area contributed by atoms with Crippen molar-refractivity contribution in [2.45, 2.75) is 52.7 Å². The zero-order valence-corrected chi connectivity index (χ0v) is 22.3. The number of aryl methyl sites for hydroxylation is 1. The van der Waals surface area contributed by atoms with Crippen LogP contribution in [0.15, 0.2) is 84.2 Å². The van der Waals surface area contributed by atoms with Crippen LogP contribution in [0.25, 0.3) is 6.08 Å². The zero-order valence-electron chi connectivity index (χ0n) is 21.5. The molecule has 5 rings (SSSR count). The van der Waals surface area contributed by atoms with Crippen LogP contribution in [0.4, 0.5) is 0 Å². The highest BCUT2D eigenvalue weighted by molar-refractivity contribution is 7.11. The van der Waals surface area contributed by atoms with Gasteiger partial charge in [-0.2, -0.15) is 0 Å². The summed E-state index contributed by atoms with van der Waals surface area (Å²) in [6.07, 6.45) is 3.55. The van der Waals surface area contributed by atoms with Crippen LogP contribution in [-0.4, -0.2) is 21.0 Å². The van der Waals surface area contributed by atoms with E-state index in [-0.39, 0.29) is 11.6 Å². The second-order valence-corrected chi connectivity index (χ2v) is 9.93. The largest absolute Gasteiger partial charge is 0.293 e. The molecule has 4 aromatic rings. The van der Waals surface area contributed by atoms with E-state index in [1.54, 1.807) is 6.08 Å². The van der Waals surface area contributed by atoms with Crippen LogP contribution in [0.3, 0.4) is 0 Å². The third kappa shape index (κ3) is 5.43. The fourth-order valence-electron chi connectivity index (χ4n) is 4.77. The van der Waals surface area contributed by atoms with E-state index in [0.717, 1.165) is 48.3 Å². The predicted octanol–water partition coefficient (Wildman–Crippen LogP) is 6.73. The number of hydrogen-bond acceptors (Lipinski definition) is 4. The Balaban J connectivity index is 0.00000148. The van der Waals surface area contributed by atoms with Crippen molar-refractivity contribution in [1.29, 1.82) is 0 Å². The lowest BCUT2D eigenvalue weighted by molar-refractivity contribution is 0.242. The van der Waals surface area contributed by atoms with Gasteiger partial charge in [0.2, 0.25) is 0 Å². The number of nitrogens with zero attached hydrogens (tertiary/aromatic N) is 3. The van der Waals surface area contributed by atoms with E-state index >= 15 is 0 Å². The lowest BCUT2D eigenvalue weighted by Gasteiger charge is -2.30. The normalized spacial score (nSPS) is 13.1. The Bertz CT molecular complexity index is 1300. The Morgan fingerprint density at radius 2 is 1.58 bits per heavy atom. The van der Waals surface area contributed by atoms with Gasteiger partial charge in [-0.1, -0.05) is 88.0 Å². The summed E-state index contributed by atoms with van der Waals surface area (Å²) in [6.45, 7) is 12.6. The molecular weight excluding hydrogens is 462 g/mol. The first-order valence-corrected chi connectivity index (χ1v) is 13.7. The van der Waals surface area contributed by atoms with Crippen LogP contribution < -0.4 is 5.56 Å². The molecule has 0 unspecified atom stereocenters. The van der Waals surface area contributed by atoms with Gasteiger partial charge >= 0.3 is 0 Å². The molecule has 5 heteroatoms. The molecule has 2 aromatic carbocycles. The van der Waals surface area contributed by atoms with Gasteiger partial charge in [0.15, 0.2) is 0 Å². The van der Waals surface area contributed by atoms with Gasteiger partial charge in [-0.15, -0.1) is 11.3 Å². The minimum absolute atomic E-state index is 0.0303. The summed E-state index contributed by atoms with van der Waals surface area (Å²) in [7, 11) is 0. The van der Waals surface area contributed by atoms with Gasteiger partial charge in [-0.3, -0.25) is 14.3 Å². The lowest BCUT2D eigenvalue weighted by atomic mass is 9.97. The third-order valence-electron chi connectivity index (χ3n) is 6.48. The van der Waals surface area contributed by atoms with Crippen LogP contribution >= 0.6 is 11.3 Å². The molecule has 0 amide bonds. The van der Waals surface area contributed by atoms with Gasteiger partial charge in [-0.05, 0) is 35.8 Å². The van der Waals surface area contributed by atoms with Crippen LogP contribution in [-0.2, 0) is 25.9 Å². The molecule has 1 aliphatic rings. The van der Waals surface area contributed by atoms with Gasteiger partial charge in [-0.25, -0.2) is 4.98 Å². The molecule has 0 aliphatic carbocycles. The molecule has 2 aromatic heterocycles. The number of fused-ring (bicyclic) bond motifs is 1. The van der Waals surface area contributed by atoms with Crippen molar-refractivity contribution in [2.75, 3.05) is 6.54 Å². The molecule has 4 nitrogen and oxygen atoms in total. The number of thiophene rings is 1. The summed E-state index contributed by atoms with van der Waals surface area (Å²) in [4.78, 5) is 24.1. The summed E-state index contributed by atoms with van der Waals surface area (Å²) < 4.78 is 1.83. The van der Waals surface area contributed by atoms with Gasteiger partial charge in [0.05, 0.1) is 17.3 Å². The van der Waals surface area contributed by atoms with E-state index in [4.69, 9.17) is 4.98 Å². The van der Waals surface area contributed by atoms with Crippen molar-refractivity contribution in [2.24, 2.45) is 0 Å². The van der Waals surface area contributed by atoms with Crippen molar-refractivity contribution >= 4 is 17.4 Å². The standard InChI is InChI=1S/C29H29N3OS.C2H6/c1-3-23-15-16-24(34-23)19-31-18-17-26-25(20-31)29(33)32(27(4-2)30-26)28(21-11-7-5-8-12-21)22-13-9-6-10-14-22;1-2/h4-16,28H,2-3,17-20H2,1H3;1-2H3. The average Bonchev–Trinajstić information content (AvgIpc) is 3.40.